The summed E-state index contributed by atoms with van der Waals surface area (Å²) in [6, 6.07) is 13.3. The summed E-state index contributed by atoms with van der Waals surface area (Å²) in [5.74, 6) is 0.972. The van der Waals surface area contributed by atoms with Crippen LogP contribution in [0.25, 0.3) is 0 Å². The van der Waals surface area contributed by atoms with Crippen LogP contribution >= 0.6 is 0 Å². The Morgan fingerprint density at radius 3 is 2.70 bits per heavy atom. The molecule has 156 valence electrons. The van der Waals surface area contributed by atoms with E-state index in [0.29, 0.717) is 30.2 Å². The second kappa shape index (κ2) is 9.00. The van der Waals surface area contributed by atoms with Crippen LogP contribution in [0.2, 0.25) is 0 Å². The van der Waals surface area contributed by atoms with Gasteiger partial charge in [0, 0.05) is 31.0 Å². The van der Waals surface area contributed by atoms with Crippen LogP contribution in [0, 0.1) is 5.82 Å². The maximum absolute atomic E-state index is 13.1. The number of aliphatic hydroxyl groups excluding tert-OH is 1. The number of likely N-dealkylation sites (tertiary alicyclic amines) is 1. The second-order valence-electron chi connectivity index (χ2n) is 7.33. The first-order valence-corrected chi connectivity index (χ1v) is 9.77. The number of nitrogens with zero attached hydrogens (tertiary/aromatic N) is 4. The number of hydrogen-bond acceptors (Lipinski definition) is 6. The minimum atomic E-state index is -0.756. The molecule has 1 aromatic heterocycles. The summed E-state index contributed by atoms with van der Waals surface area (Å²) in [6.45, 7) is 1.37. The standard InChI is InChI=1S/C21H22FN5O3/c22-17-5-1-14(2-6-17)16-9-10-27(12-16)21(29)15-3-7-19(8-4-15)30-13-18(28)11-20-23-25-26-24-20/h1-8,16,18,28H,9-13H2,(H,23,24,25,26)/t16-,18+/m0/s1. The van der Waals surface area contributed by atoms with Crippen molar-refractivity contribution >= 4 is 5.91 Å². The highest BCUT2D eigenvalue weighted by Gasteiger charge is 2.28. The van der Waals surface area contributed by atoms with Gasteiger partial charge in [-0.05, 0) is 58.8 Å². The smallest absolute Gasteiger partial charge is 0.253 e. The van der Waals surface area contributed by atoms with Crippen LogP contribution in [0.1, 0.15) is 34.1 Å². The van der Waals surface area contributed by atoms with Gasteiger partial charge in [0.05, 0.1) is 6.10 Å². The number of halogens is 1. The maximum Gasteiger partial charge on any atom is 0.253 e. The van der Waals surface area contributed by atoms with Crippen LogP contribution in [-0.4, -0.2) is 62.3 Å². The summed E-state index contributed by atoms with van der Waals surface area (Å²) in [5, 5.41) is 23.2. The Balaban J connectivity index is 1.29. The summed E-state index contributed by atoms with van der Waals surface area (Å²) in [5.41, 5.74) is 1.63. The highest BCUT2D eigenvalue weighted by Crippen LogP contribution is 2.28. The van der Waals surface area contributed by atoms with Crippen molar-refractivity contribution in [2.45, 2.75) is 24.9 Å². The molecule has 0 radical (unpaired) electrons. The van der Waals surface area contributed by atoms with Crippen LogP contribution < -0.4 is 4.74 Å². The number of rotatable bonds is 7. The average Bonchev–Trinajstić information content (AvgIpc) is 3.45. The fraction of sp³-hybridized carbons (Fsp3) is 0.333. The monoisotopic (exact) mass is 411 g/mol. The molecule has 2 heterocycles. The summed E-state index contributed by atoms with van der Waals surface area (Å²) in [7, 11) is 0. The van der Waals surface area contributed by atoms with Crippen molar-refractivity contribution in [3.8, 4) is 5.75 Å². The van der Waals surface area contributed by atoms with Gasteiger partial charge in [-0.3, -0.25) is 4.79 Å². The van der Waals surface area contributed by atoms with E-state index in [-0.39, 0.29) is 30.7 Å². The lowest BCUT2D eigenvalue weighted by Gasteiger charge is -2.17. The Labute approximate surface area is 172 Å². The molecule has 3 aromatic rings. The number of aliphatic hydroxyl groups is 1. The number of carbonyl (C=O) groups excluding carboxylic acids is 1. The number of benzene rings is 2. The Kier molecular flexibility index (Phi) is 5.99. The first kappa shape index (κ1) is 20.0. The quantitative estimate of drug-likeness (QED) is 0.616. The van der Waals surface area contributed by atoms with Crippen LogP contribution in [0.15, 0.2) is 48.5 Å². The molecule has 4 rings (SSSR count). The zero-order valence-corrected chi connectivity index (χ0v) is 16.2. The van der Waals surface area contributed by atoms with Crippen molar-refractivity contribution in [1.82, 2.24) is 25.5 Å². The summed E-state index contributed by atoms with van der Waals surface area (Å²) < 4.78 is 18.7. The van der Waals surface area contributed by atoms with E-state index in [1.54, 1.807) is 36.4 Å². The molecule has 2 aromatic carbocycles. The van der Waals surface area contributed by atoms with Crippen molar-refractivity contribution < 1.29 is 19.0 Å². The van der Waals surface area contributed by atoms with Crippen molar-refractivity contribution in [2.24, 2.45) is 0 Å². The lowest BCUT2D eigenvalue weighted by Crippen LogP contribution is -2.28. The number of aromatic amines is 1. The molecule has 0 bridgehead atoms. The van der Waals surface area contributed by atoms with Gasteiger partial charge in [0.25, 0.3) is 5.91 Å². The molecular weight excluding hydrogens is 389 g/mol. The number of H-pyrrole nitrogens is 1. The molecule has 1 aliphatic heterocycles. The largest absolute Gasteiger partial charge is 0.491 e. The topological polar surface area (TPSA) is 104 Å². The molecule has 0 unspecified atom stereocenters. The van der Waals surface area contributed by atoms with Gasteiger partial charge in [-0.25, -0.2) is 9.49 Å². The van der Waals surface area contributed by atoms with Crippen LogP contribution in [0.3, 0.4) is 0 Å². The van der Waals surface area contributed by atoms with Gasteiger partial charge in [0.1, 0.15) is 18.2 Å². The fourth-order valence-corrected chi connectivity index (χ4v) is 3.57. The molecule has 1 aliphatic rings. The van der Waals surface area contributed by atoms with E-state index in [2.05, 4.69) is 20.6 Å². The summed E-state index contributed by atoms with van der Waals surface area (Å²) in [6.07, 6.45) is 0.360. The molecule has 0 aliphatic carbocycles. The predicted molar refractivity (Wildman–Crippen MR) is 105 cm³/mol. The molecule has 9 heteroatoms. The van der Waals surface area contributed by atoms with E-state index < -0.39 is 6.10 Å². The Morgan fingerprint density at radius 2 is 2.00 bits per heavy atom. The SMILES string of the molecule is O=C(c1ccc(OC[C@H](O)Cc2nnn[nH]2)cc1)N1CC[C@H](c2ccc(F)cc2)C1. The first-order valence-electron chi connectivity index (χ1n) is 9.77. The van der Waals surface area contributed by atoms with Crippen LogP contribution in [0.5, 0.6) is 5.75 Å². The van der Waals surface area contributed by atoms with Crippen molar-refractivity contribution in [3.05, 3.63) is 71.3 Å². The van der Waals surface area contributed by atoms with E-state index in [1.807, 2.05) is 4.90 Å². The van der Waals surface area contributed by atoms with Gasteiger partial charge in [-0.2, -0.15) is 0 Å². The maximum atomic E-state index is 13.1. The molecule has 8 nitrogen and oxygen atoms in total. The van der Waals surface area contributed by atoms with Gasteiger partial charge in [-0.15, -0.1) is 5.10 Å². The number of ether oxygens (including phenoxy) is 1. The number of aromatic nitrogens is 4. The zero-order chi connectivity index (χ0) is 20.9. The zero-order valence-electron chi connectivity index (χ0n) is 16.2. The number of amides is 1. The second-order valence-corrected chi connectivity index (χ2v) is 7.33. The predicted octanol–water partition coefficient (Wildman–Crippen LogP) is 1.95. The van der Waals surface area contributed by atoms with Gasteiger partial charge < -0.3 is 14.7 Å². The lowest BCUT2D eigenvalue weighted by molar-refractivity contribution is 0.0790. The highest BCUT2D eigenvalue weighted by atomic mass is 19.1. The Bertz CT molecular complexity index is 963. The Hall–Kier alpha value is -3.33. The van der Waals surface area contributed by atoms with Crippen molar-refractivity contribution in [3.63, 3.8) is 0 Å². The number of nitrogens with one attached hydrogen (secondary N) is 1. The van der Waals surface area contributed by atoms with E-state index in [4.69, 9.17) is 4.74 Å². The van der Waals surface area contributed by atoms with Crippen LogP contribution in [-0.2, 0) is 6.42 Å². The van der Waals surface area contributed by atoms with E-state index >= 15 is 0 Å². The van der Waals surface area contributed by atoms with Crippen molar-refractivity contribution in [2.75, 3.05) is 19.7 Å². The number of hydrogen-bond donors (Lipinski definition) is 2. The third-order valence-electron chi connectivity index (χ3n) is 5.18. The van der Waals surface area contributed by atoms with Gasteiger partial charge in [-0.1, -0.05) is 12.1 Å². The summed E-state index contributed by atoms with van der Waals surface area (Å²) in [4.78, 5) is 14.6. The van der Waals surface area contributed by atoms with Crippen LogP contribution in [0.4, 0.5) is 4.39 Å². The minimum absolute atomic E-state index is 0.0379. The molecule has 0 saturated carbocycles. The van der Waals surface area contributed by atoms with E-state index in [1.165, 1.54) is 12.1 Å². The van der Waals surface area contributed by atoms with E-state index in [9.17, 15) is 14.3 Å². The molecule has 0 spiro atoms. The number of carbonyl (C=O) groups is 1. The Morgan fingerprint density at radius 1 is 1.23 bits per heavy atom. The van der Waals surface area contributed by atoms with Gasteiger partial charge in [0.15, 0.2) is 5.82 Å². The average molecular weight is 411 g/mol. The van der Waals surface area contributed by atoms with Crippen molar-refractivity contribution in [1.29, 1.82) is 0 Å². The number of tetrazole rings is 1. The fourth-order valence-electron chi connectivity index (χ4n) is 3.57. The molecule has 1 fully saturated rings. The highest BCUT2D eigenvalue weighted by molar-refractivity contribution is 5.94. The molecular formula is C21H22FN5O3. The third kappa shape index (κ3) is 4.80. The third-order valence-corrected chi connectivity index (χ3v) is 5.18. The first-order chi connectivity index (χ1) is 14.6. The minimum Gasteiger partial charge on any atom is -0.491 e. The normalized spacial score (nSPS) is 17.1. The molecule has 2 atom stereocenters. The summed E-state index contributed by atoms with van der Waals surface area (Å²) >= 11 is 0. The van der Waals surface area contributed by atoms with Gasteiger partial charge in [0.2, 0.25) is 0 Å². The molecule has 30 heavy (non-hydrogen) atoms. The molecule has 1 amide bonds. The molecule has 1 saturated heterocycles. The van der Waals surface area contributed by atoms with E-state index in [0.717, 1.165) is 12.0 Å². The molecule has 2 N–H and O–H groups in total. The lowest BCUT2D eigenvalue weighted by atomic mass is 9.99. The van der Waals surface area contributed by atoms with Gasteiger partial charge >= 0.3 is 0 Å².